The zero-order valence-corrected chi connectivity index (χ0v) is 19.1. The van der Waals surface area contributed by atoms with Crippen LogP contribution in [-0.2, 0) is 16.1 Å². The number of hydrogen-bond acceptors (Lipinski definition) is 6. The second-order valence-corrected chi connectivity index (χ2v) is 9.24. The van der Waals surface area contributed by atoms with Crippen molar-refractivity contribution in [2.75, 3.05) is 13.2 Å². The van der Waals surface area contributed by atoms with Gasteiger partial charge in [-0.2, -0.15) is 0 Å². The molecule has 9 heteroatoms. The Morgan fingerprint density at radius 2 is 1.76 bits per heavy atom. The summed E-state index contributed by atoms with van der Waals surface area (Å²) in [6.45, 7) is 0.741. The molecule has 2 heterocycles. The van der Waals surface area contributed by atoms with Crippen molar-refractivity contribution in [1.29, 1.82) is 0 Å². The predicted octanol–water partition coefficient (Wildman–Crippen LogP) is 3.87. The van der Waals surface area contributed by atoms with E-state index in [1.165, 1.54) is 16.2 Å². The van der Waals surface area contributed by atoms with Crippen LogP contribution in [0.2, 0.25) is 0 Å². The standard InChI is InChI=1S/C25H23N3O5S/c29-23(28-11-5-10-21(28)24(30)31)20-14-34-22(27-20)12-26-25(32)33-13-19-17-8-3-1-6-15(17)16-7-2-4-9-18(16)19/h1-4,6-9,14,19,21H,5,10-13H2,(H,26,32)(H,30,31)/t21-/m1/s1. The number of aliphatic carboxylic acids is 1. The minimum Gasteiger partial charge on any atom is -0.480 e. The number of thiazole rings is 1. The van der Waals surface area contributed by atoms with E-state index in [2.05, 4.69) is 34.6 Å². The zero-order chi connectivity index (χ0) is 23.7. The summed E-state index contributed by atoms with van der Waals surface area (Å²) in [4.78, 5) is 42.0. The molecule has 1 saturated heterocycles. The topological polar surface area (TPSA) is 109 Å². The summed E-state index contributed by atoms with van der Waals surface area (Å²) in [6.07, 6.45) is 0.542. The van der Waals surface area contributed by atoms with Crippen molar-refractivity contribution in [3.8, 4) is 11.1 Å². The Kier molecular flexibility index (Phi) is 6.02. The monoisotopic (exact) mass is 477 g/mol. The summed E-state index contributed by atoms with van der Waals surface area (Å²) in [5.74, 6) is -1.42. The molecule has 34 heavy (non-hydrogen) atoms. The Hall–Kier alpha value is -3.72. The molecule has 0 radical (unpaired) electrons. The number of carbonyl (C=O) groups is 3. The predicted molar refractivity (Wildman–Crippen MR) is 126 cm³/mol. The molecule has 3 aromatic rings. The lowest BCUT2D eigenvalue weighted by atomic mass is 9.98. The van der Waals surface area contributed by atoms with Crippen LogP contribution in [0.15, 0.2) is 53.9 Å². The summed E-state index contributed by atoms with van der Waals surface area (Å²) in [6, 6.07) is 15.5. The molecule has 8 nitrogen and oxygen atoms in total. The van der Waals surface area contributed by atoms with Gasteiger partial charge in [0.05, 0.1) is 6.54 Å². The number of fused-ring (bicyclic) bond motifs is 3. The van der Waals surface area contributed by atoms with Crippen molar-refractivity contribution >= 4 is 29.3 Å². The first-order valence-electron chi connectivity index (χ1n) is 11.1. The third kappa shape index (κ3) is 4.14. The fourth-order valence-electron chi connectivity index (χ4n) is 4.70. The van der Waals surface area contributed by atoms with Crippen LogP contribution in [0, 0.1) is 0 Å². The van der Waals surface area contributed by atoms with Crippen molar-refractivity contribution < 1.29 is 24.2 Å². The molecule has 0 spiro atoms. The van der Waals surface area contributed by atoms with Gasteiger partial charge < -0.3 is 20.1 Å². The van der Waals surface area contributed by atoms with Gasteiger partial charge in [-0.3, -0.25) is 4.79 Å². The van der Waals surface area contributed by atoms with Crippen LogP contribution >= 0.6 is 11.3 Å². The van der Waals surface area contributed by atoms with Crippen molar-refractivity contribution in [1.82, 2.24) is 15.2 Å². The van der Waals surface area contributed by atoms with E-state index >= 15 is 0 Å². The Bertz CT molecular complexity index is 1210. The summed E-state index contributed by atoms with van der Waals surface area (Å²) >= 11 is 1.24. The summed E-state index contributed by atoms with van der Waals surface area (Å²) < 4.78 is 5.52. The number of nitrogens with one attached hydrogen (secondary N) is 1. The molecule has 1 fully saturated rings. The number of alkyl carbamates (subject to hydrolysis) is 1. The Labute approximate surface area is 200 Å². The molecule has 2 N–H and O–H groups in total. The van der Waals surface area contributed by atoms with Gasteiger partial charge in [-0.15, -0.1) is 11.3 Å². The lowest BCUT2D eigenvalue weighted by Gasteiger charge is -2.20. The molecule has 0 unspecified atom stereocenters. The zero-order valence-electron chi connectivity index (χ0n) is 18.3. The van der Waals surface area contributed by atoms with Crippen LogP contribution in [-0.4, -0.2) is 52.2 Å². The van der Waals surface area contributed by atoms with Gasteiger partial charge in [0.1, 0.15) is 23.4 Å². The molecule has 2 aliphatic rings. The van der Waals surface area contributed by atoms with E-state index in [-0.39, 0.29) is 24.8 Å². The van der Waals surface area contributed by atoms with Crippen molar-refractivity contribution in [3.05, 3.63) is 75.7 Å². The van der Waals surface area contributed by atoms with E-state index in [1.54, 1.807) is 5.38 Å². The highest BCUT2D eigenvalue weighted by Gasteiger charge is 2.35. The van der Waals surface area contributed by atoms with Gasteiger partial charge in [-0.1, -0.05) is 48.5 Å². The van der Waals surface area contributed by atoms with Crippen LogP contribution in [0.4, 0.5) is 4.79 Å². The van der Waals surface area contributed by atoms with Crippen LogP contribution < -0.4 is 5.32 Å². The third-order valence-corrected chi connectivity index (χ3v) is 7.15. The quantitative estimate of drug-likeness (QED) is 0.558. The average Bonchev–Trinajstić information content (AvgIpc) is 3.59. The number of carbonyl (C=O) groups excluding carboxylic acids is 2. The Morgan fingerprint density at radius 1 is 1.09 bits per heavy atom. The highest BCUT2D eigenvalue weighted by Crippen LogP contribution is 2.44. The first kappa shape index (κ1) is 22.1. The van der Waals surface area contributed by atoms with E-state index in [1.807, 2.05) is 24.3 Å². The van der Waals surface area contributed by atoms with Gasteiger partial charge in [-0.05, 0) is 35.1 Å². The van der Waals surface area contributed by atoms with Crippen molar-refractivity contribution in [2.45, 2.75) is 31.3 Å². The number of hydrogen-bond donors (Lipinski definition) is 2. The van der Waals surface area contributed by atoms with Crippen molar-refractivity contribution in [3.63, 3.8) is 0 Å². The molecule has 2 amide bonds. The molecule has 0 bridgehead atoms. The maximum Gasteiger partial charge on any atom is 0.407 e. The van der Waals surface area contributed by atoms with Gasteiger partial charge in [0.2, 0.25) is 0 Å². The molecular weight excluding hydrogens is 454 g/mol. The molecular formula is C25H23N3O5S. The van der Waals surface area contributed by atoms with E-state index < -0.39 is 24.0 Å². The lowest BCUT2D eigenvalue weighted by molar-refractivity contribution is -0.141. The minimum absolute atomic E-state index is 0.0233. The maximum absolute atomic E-state index is 12.7. The van der Waals surface area contributed by atoms with Crippen LogP contribution in [0.1, 0.15) is 45.4 Å². The molecule has 5 rings (SSSR count). The summed E-state index contributed by atoms with van der Waals surface area (Å²) in [5.41, 5.74) is 4.80. The van der Waals surface area contributed by atoms with E-state index in [0.717, 1.165) is 22.3 Å². The second kappa shape index (κ2) is 9.26. The normalized spacial score (nSPS) is 16.7. The average molecular weight is 478 g/mol. The first-order chi connectivity index (χ1) is 16.5. The summed E-state index contributed by atoms with van der Waals surface area (Å²) in [5, 5.41) is 14.1. The SMILES string of the molecule is O=C(NCc1nc(C(=O)N2CCC[C@@H]2C(=O)O)cs1)OCC1c2ccccc2-c2ccccc21. The fourth-order valence-corrected chi connectivity index (χ4v) is 5.41. The highest BCUT2D eigenvalue weighted by atomic mass is 32.1. The smallest absolute Gasteiger partial charge is 0.407 e. The largest absolute Gasteiger partial charge is 0.480 e. The highest BCUT2D eigenvalue weighted by molar-refractivity contribution is 7.09. The van der Waals surface area contributed by atoms with Crippen LogP contribution in [0.5, 0.6) is 0 Å². The number of benzene rings is 2. The molecule has 0 saturated carbocycles. The molecule has 174 valence electrons. The first-order valence-corrected chi connectivity index (χ1v) is 12.0. The second-order valence-electron chi connectivity index (χ2n) is 8.30. The number of likely N-dealkylation sites (tertiary alicyclic amines) is 1. The lowest BCUT2D eigenvalue weighted by Crippen LogP contribution is -2.40. The number of rotatable bonds is 6. The van der Waals surface area contributed by atoms with Gasteiger partial charge in [0.25, 0.3) is 5.91 Å². The number of ether oxygens (including phenoxy) is 1. The number of aromatic nitrogens is 1. The molecule has 2 aromatic carbocycles. The number of carboxylic acid groups (broad SMARTS) is 1. The minimum atomic E-state index is -1.00. The number of amides is 2. The van der Waals surface area contributed by atoms with E-state index in [9.17, 15) is 19.5 Å². The fraction of sp³-hybridized carbons (Fsp3) is 0.280. The maximum atomic E-state index is 12.7. The van der Waals surface area contributed by atoms with E-state index in [4.69, 9.17) is 4.74 Å². The molecule has 1 aromatic heterocycles. The van der Waals surface area contributed by atoms with Crippen LogP contribution in [0.3, 0.4) is 0 Å². The third-order valence-electron chi connectivity index (χ3n) is 6.30. The Balaban J connectivity index is 1.17. The number of nitrogens with zero attached hydrogens (tertiary/aromatic N) is 2. The molecule has 1 aliphatic heterocycles. The Morgan fingerprint density at radius 3 is 2.44 bits per heavy atom. The van der Waals surface area contributed by atoms with Gasteiger partial charge in [0.15, 0.2) is 0 Å². The van der Waals surface area contributed by atoms with Gasteiger partial charge in [0, 0.05) is 17.8 Å². The van der Waals surface area contributed by atoms with Crippen LogP contribution in [0.25, 0.3) is 11.1 Å². The van der Waals surface area contributed by atoms with E-state index in [0.29, 0.717) is 24.4 Å². The summed E-state index contributed by atoms with van der Waals surface area (Å²) in [7, 11) is 0. The number of carboxylic acids is 1. The van der Waals surface area contributed by atoms with Crippen molar-refractivity contribution in [2.24, 2.45) is 0 Å². The van der Waals surface area contributed by atoms with Gasteiger partial charge >= 0.3 is 12.1 Å². The molecule has 1 aliphatic carbocycles. The van der Waals surface area contributed by atoms with Gasteiger partial charge in [-0.25, -0.2) is 14.6 Å². The molecule has 1 atom stereocenters.